The lowest BCUT2D eigenvalue weighted by Crippen LogP contribution is -2.32. The Morgan fingerprint density at radius 1 is 0.667 bits per heavy atom. The SMILES string of the molecule is Cc1cc(N2CCCOC[C@@H]2c2ccc(CS(C)(=O)=O)cc2Cl)nc(N)n1.Cc1cc(N2CCCOC[C@H]2c2ccc(CS(C)(=O)=O)cc2Cl)nc(N)n1. The highest BCUT2D eigenvalue weighted by atomic mass is 35.5. The van der Waals surface area contributed by atoms with Gasteiger partial charge in [-0.3, -0.25) is 0 Å². The topological polar surface area (TPSA) is 197 Å². The number of aryl methyl sites for hydroxylation is 2. The first-order valence-corrected chi connectivity index (χ1v) is 22.2. The van der Waals surface area contributed by atoms with Crippen LogP contribution in [-0.2, 0) is 40.7 Å². The number of nitrogens with zero attached hydrogens (tertiary/aromatic N) is 6. The number of anilines is 4. The van der Waals surface area contributed by atoms with Gasteiger partial charge in [0.1, 0.15) is 11.6 Å². The Bertz CT molecular complexity index is 1980. The summed E-state index contributed by atoms with van der Waals surface area (Å²) in [6.45, 7) is 7.43. The minimum absolute atomic E-state index is 0.0421. The second kappa shape index (κ2) is 17.8. The summed E-state index contributed by atoms with van der Waals surface area (Å²) >= 11 is 13.1. The van der Waals surface area contributed by atoms with Crippen molar-refractivity contribution in [2.45, 2.75) is 50.3 Å². The highest BCUT2D eigenvalue weighted by Gasteiger charge is 2.29. The van der Waals surface area contributed by atoms with Crippen LogP contribution in [0.25, 0.3) is 0 Å². The first-order valence-electron chi connectivity index (χ1n) is 17.3. The van der Waals surface area contributed by atoms with Crippen molar-refractivity contribution in [3.63, 3.8) is 0 Å². The van der Waals surface area contributed by atoms with E-state index >= 15 is 0 Å². The lowest BCUT2D eigenvalue weighted by atomic mass is 10.0. The Morgan fingerprint density at radius 2 is 1.06 bits per heavy atom. The number of aromatic nitrogens is 4. The van der Waals surface area contributed by atoms with Gasteiger partial charge in [0.25, 0.3) is 0 Å². The molecule has 4 N–H and O–H groups in total. The standard InChI is InChI=1S/2C18H23ClN4O3S/c2*1-12-8-17(22-18(20)21-12)23-6-3-7-26-10-16(23)14-5-4-13(9-15(14)19)11-27(2,24)25/h2*4-5,8-9,16H,3,6-7,10-11H2,1-2H3,(H2,20,21,22)/t2*16-/m10/s1. The van der Waals surface area contributed by atoms with Crippen LogP contribution in [0.3, 0.4) is 0 Å². The fourth-order valence-electron chi connectivity index (χ4n) is 6.53. The second-order valence-electron chi connectivity index (χ2n) is 13.6. The maximum atomic E-state index is 11.5. The highest BCUT2D eigenvalue weighted by Crippen LogP contribution is 2.35. The Hall–Kier alpha value is -3.80. The van der Waals surface area contributed by atoms with Gasteiger partial charge in [-0.25, -0.2) is 26.8 Å². The van der Waals surface area contributed by atoms with Crippen LogP contribution in [0.1, 0.15) is 58.6 Å². The van der Waals surface area contributed by atoms with E-state index in [1.54, 1.807) is 24.3 Å². The molecule has 2 aromatic carbocycles. The molecule has 0 amide bonds. The van der Waals surface area contributed by atoms with E-state index in [1.165, 1.54) is 12.5 Å². The number of hydrogen-bond donors (Lipinski definition) is 2. The quantitative estimate of drug-likeness (QED) is 0.239. The van der Waals surface area contributed by atoms with Crippen molar-refractivity contribution >= 4 is 66.4 Å². The van der Waals surface area contributed by atoms with Crippen molar-refractivity contribution in [2.75, 3.05) is 73.3 Å². The van der Waals surface area contributed by atoms with Crippen molar-refractivity contribution in [3.8, 4) is 0 Å². The summed E-state index contributed by atoms with van der Waals surface area (Å²) in [5.74, 6) is 1.82. The Labute approximate surface area is 327 Å². The predicted octanol–water partition coefficient (Wildman–Crippen LogP) is 5.07. The van der Waals surface area contributed by atoms with Crippen LogP contribution in [0.2, 0.25) is 10.0 Å². The van der Waals surface area contributed by atoms with E-state index in [-0.39, 0.29) is 35.5 Å². The molecule has 0 bridgehead atoms. The van der Waals surface area contributed by atoms with Crippen LogP contribution in [0.5, 0.6) is 0 Å². The van der Waals surface area contributed by atoms with Crippen LogP contribution < -0.4 is 21.3 Å². The van der Waals surface area contributed by atoms with E-state index in [0.717, 1.165) is 60.1 Å². The van der Waals surface area contributed by atoms with Gasteiger partial charge < -0.3 is 30.7 Å². The molecule has 0 spiro atoms. The summed E-state index contributed by atoms with van der Waals surface area (Å²) in [6, 6.07) is 14.2. The van der Waals surface area contributed by atoms with E-state index in [2.05, 4.69) is 29.7 Å². The third-order valence-electron chi connectivity index (χ3n) is 8.69. The first-order chi connectivity index (χ1) is 25.5. The molecule has 14 nitrogen and oxygen atoms in total. The molecule has 292 valence electrons. The van der Waals surface area contributed by atoms with Crippen LogP contribution >= 0.6 is 23.2 Å². The molecule has 2 aliphatic rings. The number of halogens is 2. The van der Waals surface area contributed by atoms with Gasteiger partial charge in [0.05, 0.1) is 36.8 Å². The van der Waals surface area contributed by atoms with Gasteiger partial charge in [0.2, 0.25) is 11.9 Å². The monoisotopic (exact) mass is 820 g/mol. The fourth-order valence-corrected chi connectivity index (χ4v) is 8.76. The second-order valence-corrected chi connectivity index (χ2v) is 18.7. The minimum Gasteiger partial charge on any atom is -0.379 e. The number of hydrogen-bond acceptors (Lipinski definition) is 14. The van der Waals surface area contributed by atoms with Crippen molar-refractivity contribution in [1.82, 2.24) is 19.9 Å². The normalized spacial score (nSPS) is 18.3. The van der Waals surface area contributed by atoms with Crippen LogP contribution in [0.15, 0.2) is 48.5 Å². The van der Waals surface area contributed by atoms with E-state index in [1.807, 2.05) is 38.1 Å². The van der Waals surface area contributed by atoms with Gasteiger partial charge in [-0.1, -0.05) is 47.5 Å². The smallest absolute Gasteiger partial charge is 0.222 e. The zero-order valence-electron chi connectivity index (χ0n) is 30.7. The van der Waals surface area contributed by atoms with Gasteiger partial charge >= 0.3 is 0 Å². The fraction of sp³-hybridized carbons (Fsp3) is 0.444. The Kier molecular flexibility index (Phi) is 13.6. The van der Waals surface area contributed by atoms with Gasteiger partial charge in [-0.05, 0) is 61.1 Å². The molecule has 0 unspecified atom stereocenters. The lowest BCUT2D eigenvalue weighted by molar-refractivity contribution is 0.134. The molecule has 2 aliphatic heterocycles. The number of benzene rings is 2. The average molecular weight is 822 g/mol. The molecule has 54 heavy (non-hydrogen) atoms. The minimum atomic E-state index is -3.13. The van der Waals surface area contributed by atoms with Gasteiger partial charge in [0, 0.05) is 72.4 Å². The predicted molar refractivity (Wildman–Crippen MR) is 213 cm³/mol. The molecular formula is C36H46Cl2N8O6S2. The molecule has 0 aliphatic carbocycles. The largest absolute Gasteiger partial charge is 0.379 e. The van der Waals surface area contributed by atoms with Crippen molar-refractivity contribution < 1.29 is 26.3 Å². The molecule has 2 saturated heterocycles. The van der Waals surface area contributed by atoms with Crippen molar-refractivity contribution in [2.24, 2.45) is 0 Å². The van der Waals surface area contributed by atoms with Crippen LogP contribution in [-0.4, -0.2) is 88.8 Å². The molecule has 0 saturated carbocycles. The maximum Gasteiger partial charge on any atom is 0.222 e. The summed E-state index contributed by atoms with van der Waals surface area (Å²) in [7, 11) is -6.25. The number of ether oxygens (including phenoxy) is 2. The Balaban J connectivity index is 0.000000208. The third kappa shape index (κ3) is 11.6. The molecule has 2 atom stereocenters. The first kappa shape index (κ1) is 41.4. The zero-order valence-corrected chi connectivity index (χ0v) is 33.8. The molecule has 2 fully saturated rings. The average Bonchev–Trinajstić information content (AvgIpc) is 3.44. The lowest BCUT2D eigenvalue weighted by Gasteiger charge is -2.31. The zero-order chi connectivity index (χ0) is 39.2. The maximum absolute atomic E-state index is 11.5. The molecule has 0 radical (unpaired) electrons. The highest BCUT2D eigenvalue weighted by molar-refractivity contribution is 7.90. The third-order valence-corrected chi connectivity index (χ3v) is 11.1. The van der Waals surface area contributed by atoms with Crippen LogP contribution in [0.4, 0.5) is 23.5 Å². The molecule has 18 heteroatoms. The van der Waals surface area contributed by atoms with E-state index in [4.69, 9.17) is 44.1 Å². The van der Waals surface area contributed by atoms with Crippen molar-refractivity contribution in [1.29, 1.82) is 0 Å². The van der Waals surface area contributed by atoms with E-state index < -0.39 is 19.7 Å². The van der Waals surface area contributed by atoms with Gasteiger partial charge in [-0.2, -0.15) is 9.97 Å². The number of nitrogens with two attached hydrogens (primary N) is 2. The molecular weight excluding hydrogens is 775 g/mol. The number of sulfone groups is 2. The van der Waals surface area contributed by atoms with Crippen molar-refractivity contribution in [3.05, 3.63) is 92.2 Å². The number of rotatable bonds is 8. The molecule has 2 aromatic heterocycles. The summed E-state index contributed by atoms with van der Waals surface area (Å²) in [6.07, 6.45) is 4.11. The molecule has 6 rings (SSSR count). The summed E-state index contributed by atoms with van der Waals surface area (Å²) in [5, 5.41) is 1.02. The summed E-state index contributed by atoms with van der Waals surface area (Å²) in [4.78, 5) is 21.3. The molecule has 4 aromatic rings. The molecule has 4 heterocycles. The van der Waals surface area contributed by atoms with Gasteiger partial charge in [0.15, 0.2) is 19.7 Å². The van der Waals surface area contributed by atoms with E-state index in [0.29, 0.717) is 47.6 Å². The van der Waals surface area contributed by atoms with Crippen LogP contribution in [0, 0.1) is 13.8 Å². The summed E-state index contributed by atoms with van der Waals surface area (Å²) in [5.41, 5.74) is 16.3. The number of nitrogen functional groups attached to an aromatic ring is 2. The Morgan fingerprint density at radius 3 is 1.39 bits per heavy atom. The van der Waals surface area contributed by atoms with E-state index in [9.17, 15) is 16.8 Å². The summed E-state index contributed by atoms with van der Waals surface area (Å²) < 4.78 is 57.7. The van der Waals surface area contributed by atoms with Gasteiger partial charge in [-0.15, -0.1) is 0 Å².